The van der Waals surface area contributed by atoms with Crippen LogP contribution < -0.4 is 5.32 Å². The van der Waals surface area contributed by atoms with E-state index in [4.69, 9.17) is 4.74 Å². The predicted molar refractivity (Wildman–Crippen MR) is 118 cm³/mol. The van der Waals surface area contributed by atoms with Gasteiger partial charge in [-0.1, -0.05) is 42.5 Å². The second kappa shape index (κ2) is 11.2. The van der Waals surface area contributed by atoms with Crippen LogP contribution in [0.3, 0.4) is 0 Å². The summed E-state index contributed by atoms with van der Waals surface area (Å²) in [6.45, 7) is 0.233. The first-order chi connectivity index (χ1) is 16.5. The van der Waals surface area contributed by atoms with Crippen molar-refractivity contribution in [2.75, 3.05) is 20.3 Å². The van der Waals surface area contributed by atoms with E-state index in [2.05, 4.69) is 10.3 Å². The van der Waals surface area contributed by atoms with Crippen LogP contribution in [0.5, 0.6) is 0 Å². The monoisotopic (exact) mass is 498 g/mol. The van der Waals surface area contributed by atoms with E-state index in [0.717, 1.165) is 35.9 Å². The van der Waals surface area contributed by atoms with Crippen molar-refractivity contribution in [3.8, 4) is 11.3 Å². The topological polar surface area (TPSA) is 54.4 Å². The van der Waals surface area contributed by atoms with Gasteiger partial charge in [0, 0.05) is 25.3 Å². The number of aromatic nitrogens is 1. The van der Waals surface area contributed by atoms with Gasteiger partial charge < -0.3 is 15.2 Å². The number of pyridine rings is 1. The Balaban J connectivity index is 1.83. The van der Waals surface area contributed by atoms with Gasteiger partial charge in [-0.15, -0.1) is 0 Å². The van der Waals surface area contributed by atoms with Crippen molar-refractivity contribution in [2.45, 2.75) is 30.9 Å². The van der Waals surface area contributed by atoms with Crippen molar-refractivity contribution in [1.82, 2.24) is 10.3 Å². The number of aliphatic hydroxyl groups excluding tert-OH is 1. The number of methoxy groups -OCH3 is 1. The van der Waals surface area contributed by atoms with E-state index in [1.165, 1.54) is 13.2 Å². The lowest BCUT2D eigenvalue weighted by Gasteiger charge is -2.21. The zero-order valence-corrected chi connectivity index (χ0v) is 18.7. The fourth-order valence-electron chi connectivity index (χ4n) is 3.55. The molecule has 2 unspecified atom stereocenters. The lowest BCUT2D eigenvalue weighted by Crippen LogP contribution is -2.38. The summed E-state index contributed by atoms with van der Waals surface area (Å²) in [4.78, 5) is 3.57. The zero-order chi connectivity index (χ0) is 25.6. The molecule has 0 spiro atoms. The second-order valence-corrected chi connectivity index (χ2v) is 8.01. The molecule has 1 heterocycles. The van der Waals surface area contributed by atoms with Crippen LogP contribution in [0, 0.1) is 0 Å². The summed E-state index contributed by atoms with van der Waals surface area (Å²) in [6.07, 6.45) is -10.1. The molecule has 2 atom stereocenters. The molecule has 2 N–H and O–H groups in total. The Hall–Kier alpha value is -2.95. The van der Waals surface area contributed by atoms with E-state index in [1.807, 2.05) is 30.3 Å². The van der Waals surface area contributed by atoms with Crippen molar-refractivity contribution < 1.29 is 36.2 Å². The summed E-state index contributed by atoms with van der Waals surface area (Å²) in [6, 6.07) is 14.9. The average Bonchev–Trinajstić information content (AvgIpc) is 2.82. The summed E-state index contributed by atoms with van der Waals surface area (Å²) < 4.78 is 84.2. The highest BCUT2D eigenvalue weighted by atomic mass is 19.4. The molecule has 2 aromatic carbocycles. The number of aliphatic hydroxyl groups is 1. The number of hydrogen-bond acceptors (Lipinski definition) is 4. The molecule has 3 rings (SSSR count). The second-order valence-electron chi connectivity index (χ2n) is 8.01. The molecule has 188 valence electrons. The van der Waals surface area contributed by atoms with Crippen LogP contribution in [0.1, 0.15) is 28.5 Å². The number of halogens is 6. The van der Waals surface area contributed by atoms with Gasteiger partial charge in [0.05, 0.1) is 24.0 Å². The molecule has 0 radical (unpaired) electrons. The summed E-state index contributed by atoms with van der Waals surface area (Å²) >= 11 is 0. The minimum absolute atomic E-state index is 0.0619. The molecule has 4 nitrogen and oxygen atoms in total. The maximum absolute atomic E-state index is 13.5. The van der Waals surface area contributed by atoms with Gasteiger partial charge >= 0.3 is 12.4 Å². The van der Waals surface area contributed by atoms with Crippen LogP contribution in [0.25, 0.3) is 11.3 Å². The molecular weight excluding hydrogens is 474 g/mol. The Kier molecular flexibility index (Phi) is 8.52. The molecule has 3 aromatic rings. The number of alkyl halides is 6. The molecule has 10 heteroatoms. The van der Waals surface area contributed by atoms with Crippen molar-refractivity contribution in [1.29, 1.82) is 0 Å². The number of benzene rings is 2. The zero-order valence-electron chi connectivity index (χ0n) is 18.7. The van der Waals surface area contributed by atoms with Gasteiger partial charge in [0.2, 0.25) is 0 Å². The lowest BCUT2D eigenvalue weighted by molar-refractivity contribution is -0.141. The van der Waals surface area contributed by atoms with Gasteiger partial charge in [0.1, 0.15) is 5.69 Å². The molecule has 0 aliphatic rings. The number of ether oxygens (including phenoxy) is 1. The third-order valence-corrected chi connectivity index (χ3v) is 5.32. The number of rotatable bonds is 9. The Morgan fingerprint density at radius 2 is 1.57 bits per heavy atom. The smallest absolute Gasteiger partial charge is 0.387 e. The lowest BCUT2D eigenvalue weighted by atomic mass is 10.0. The van der Waals surface area contributed by atoms with E-state index < -0.39 is 29.7 Å². The largest absolute Gasteiger partial charge is 0.433 e. The van der Waals surface area contributed by atoms with Gasteiger partial charge in [-0.2, -0.15) is 26.3 Å². The van der Waals surface area contributed by atoms with Crippen LogP contribution in [0.15, 0.2) is 66.7 Å². The highest BCUT2D eigenvalue weighted by molar-refractivity contribution is 5.61. The molecule has 0 saturated carbocycles. The standard InChI is InChI=1S/C25H24F6N2O2/c1-35-15-20(11-16-5-3-2-4-6-16)32-14-22(34)18-12-21(33-23(13-18)25(29,30)31)17-7-9-19(10-8-17)24(26,27)28/h2-10,12-13,20,22,32,34H,11,14-15H2,1H3. The molecule has 0 fully saturated rings. The summed E-state index contributed by atoms with van der Waals surface area (Å²) in [5.74, 6) is 0. The first-order valence-corrected chi connectivity index (χ1v) is 10.7. The highest BCUT2D eigenvalue weighted by Crippen LogP contribution is 2.34. The van der Waals surface area contributed by atoms with Gasteiger partial charge in [-0.3, -0.25) is 0 Å². The van der Waals surface area contributed by atoms with E-state index in [-0.39, 0.29) is 29.4 Å². The number of nitrogens with zero attached hydrogens (tertiary/aromatic N) is 1. The molecular formula is C25H24F6N2O2. The van der Waals surface area contributed by atoms with E-state index in [1.54, 1.807) is 0 Å². The van der Waals surface area contributed by atoms with Crippen molar-refractivity contribution in [3.63, 3.8) is 0 Å². The maximum Gasteiger partial charge on any atom is 0.433 e. The average molecular weight is 498 g/mol. The third-order valence-electron chi connectivity index (χ3n) is 5.32. The summed E-state index contributed by atoms with van der Waals surface area (Å²) in [7, 11) is 1.52. The predicted octanol–water partition coefficient (Wildman–Crippen LogP) is 5.67. The third kappa shape index (κ3) is 7.51. The summed E-state index contributed by atoms with van der Waals surface area (Å²) in [5, 5.41) is 13.8. The van der Waals surface area contributed by atoms with Gasteiger partial charge in [0.15, 0.2) is 0 Å². The SMILES string of the molecule is COCC(Cc1ccccc1)NCC(O)c1cc(-c2ccc(C(F)(F)F)cc2)nc(C(F)(F)F)c1. The van der Waals surface area contributed by atoms with Crippen LogP contribution >= 0.6 is 0 Å². The Morgan fingerprint density at radius 1 is 0.914 bits per heavy atom. The normalized spacial score (nSPS) is 14.1. The van der Waals surface area contributed by atoms with Crippen LogP contribution in [0.4, 0.5) is 26.3 Å². The van der Waals surface area contributed by atoms with E-state index in [9.17, 15) is 31.4 Å². The van der Waals surface area contributed by atoms with Gasteiger partial charge in [0.25, 0.3) is 0 Å². The molecule has 0 aliphatic heterocycles. The van der Waals surface area contributed by atoms with Crippen LogP contribution in [0.2, 0.25) is 0 Å². The molecule has 35 heavy (non-hydrogen) atoms. The van der Waals surface area contributed by atoms with Gasteiger partial charge in [-0.05, 0) is 41.8 Å². The molecule has 0 amide bonds. The maximum atomic E-state index is 13.5. The van der Waals surface area contributed by atoms with Crippen molar-refractivity contribution in [3.05, 3.63) is 89.1 Å². The van der Waals surface area contributed by atoms with Crippen LogP contribution in [-0.4, -0.2) is 36.4 Å². The van der Waals surface area contributed by atoms with E-state index in [0.29, 0.717) is 13.0 Å². The Labute approximate surface area is 198 Å². The minimum atomic E-state index is -4.81. The number of nitrogens with one attached hydrogen (secondary N) is 1. The fraction of sp³-hybridized carbons (Fsp3) is 0.320. The van der Waals surface area contributed by atoms with Gasteiger partial charge in [-0.25, -0.2) is 4.98 Å². The van der Waals surface area contributed by atoms with E-state index >= 15 is 0 Å². The Morgan fingerprint density at radius 3 is 2.14 bits per heavy atom. The minimum Gasteiger partial charge on any atom is -0.387 e. The highest BCUT2D eigenvalue weighted by Gasteiger charge is 2.34. The van der Waals surface area contributed by atoms with Crippen molar-refractivity contribution >= 4 is 0 Å². The summed E-state index contributed by atoms with van der Waals surface area (Å²) in [5.41, 5.74) is -1.36. The first-order valence-electron chi connectivity index (χ1n) is 10.7. The molecule has 0 saturated heterocycles. The molecule has 0 bridgehead atoms. The molecule has 0 aliphatic carbocycles. The fourth-order valence-corrected chi connectivity index (χ4v) is 3.55. The Bertz CT molecular complexity index is 1090. The van der Waals surface area contributed by atoms with Crippen LogP contribution in [-0.2, 0) is 23.5 Å². The number of hydrogen-bond donors (Lipinski definition) is 2. The first kappa shape index (κ1) is 26.7. The van der Waals surface area contributed by atoms with Crippen molar-refractivity contribution in [2.24, 2.45) is 0 Å². The molecule has 1 aromatic heterocycles. The quantitative estimate of drug-likeness (QED) is 0.374.